The molecule has 0 radical (unpaired) electrons. The van der Waals surface area contributed by atoms with Gasteiger partial charge in [-0.25, -0.2) is 4.39 Å². The maximum Gasteiger partial charge on any atom is 0.225 e. The van der Waals surface area contributed by atoms with Crippen LogP contribution in [-0.4, -0.2) is 30.3 Å². The highest BCUT2D eigenvalue weighted by Gasteiger charge is 2.32. The van der Waals surface area contributed by atoms with Gasteiger partial charge in [0.15, 0.2) is 0 Å². The lowest BCUT2D eigenvalue weighted by molar-refractivity contribution is -0.139. The predicted molar refractivity (Wildman–Crippen MR) is 89.6 cm³/mol. The van der Waals surface area contributed by atoms with Gasteiger partial charge in [0.25, 0.3) is 0 Å². The van der Waals surface area contributed by atoms with Gasteiger partial charge in [0, 0.05) is 25.4 Å². The molecule has 0 saturated heterocycles. The number of likely N-dealkylation sites (N-methyl/N-ethyl adjacent to an activating group) is 1. The van der Waals surface area contributed by atoms with Gasteiger partial charge in [-0.3, -0.25) is 9.59 Å². The number of carbonyl (C=O) groups excluding carboxylic acids is 2. The second-order valence-electron chi connectivity index (χ2n) is 7.02. The third kappa shape index (κ3) is 3.60. The predicted octanol–water partition coefficient (Wildman–Crippen LogP) is 3.04. The Morgan fingerprint density at radius 2 is 1.71 bits per heavy atom. The molecule has 3 rings (SSSR count). The normalized spacial score (nSPS) is 19.1. The molecule has 2 fully saturated rings. The molecule has 0 aromatic heterocycles. The molecule has 0 heterocycles. The number of hydrogen-bond acceptors (Lipinski definition) is 2. The summed E-state index contributed by atoms with van der Waals surface area (Å²) in [7, 11) is 1.78. The summed E-state index contributed by atoms with van der Waals surface area (Å²) in [5, 5.41) is 2.98. The van der Waals surface area contributed by atoms with Gasteiger partial charge in [0.05, 0.1) is 6.04 Å². The third-order valence-corrected chi connectivity index (χ3v) is 5.47. The van der Waals surface area contributed by atoms with E-state index in [0.29, 0.717) is 6.54 Å². The number of hydrogen-bond donors (Lipinski definition) is 1. The smallest absolute Gasteiger partial charge is 0.225 e. The molecule has 1 aromatic carbocycles. The van der Waals surface area contributed by atoms with Crippen molar-refractivity contribution in [3.05, 3.63) is 35.6 Å². The van der Waals surface area contributed by atoms with Crippen LogP contribution in [0.4, 0.5) is 4.39 Å². The van der Waals surface area contributed by atoms with Crippen LogP contribution in [0.3, 0.4) is 0 Å². The second-order valence-corrected chi connectivity index (χ2v) is 7.02. The molecule has 0 unspecified atom stereocenters. The molecule has 2 saturated carbocycles. The van der Waals surface area contributed by atoms with Gasteiger partial charge < -0.3 is 10.2 Å². The van der Waals surface area contributed by atoms with Gasteiger partial charge in [0.2, 0.25) is 11.8 Å². The number of carbonyl (C=O) groups is 2. The van der Waals surface area contributed by atoms with Crippen molar-refractivity contribution in [3.8, 4) is 0 Å². The van der Waals surface area contributed by atoms with Crippen LogP contribution < -0.4 is 5.32 Å². The van der Waals surface area contributed by atoms with Gasteiger partial charge >= 0.3 is 0 Å². The molecule has 2 aliphatic rings. The molecule has 1 atom stereocenters. The lowest BCUT2D eigenvalue weighted by Gasteiger charge is -2.35. The van der Waals surface area contributed by atoms with Crippen molar-refractivity contribution in [3.63, 3.8) is 0 Å². The molecular weight excluding hydrogens is 307 g/mol. The van der Waals surface area contributed by atoms with Crippen LogP contribution >= 0.6 is 0 Å². The van der Waals surface area contributed by atoms with Crippen LogP contribution in [0.1, 0.15) is 50.1 Å². The summed E-state index contributed by atoms with van der Waals surface area (Å²) in [6, 6.07) is 5.93. The fourth-order valence-electron chi connectivity index (χ4n) is 3.27. The Morgan fingerprint density at radius 3 is 2.21 bits per heavy atom. The Hall–Kier alpha value is -1.91. The molecule has 130 valence electrons. The highest BCUT2D eigenvalue weighted by atomic mass is 19.1. The Bertz CT molecular complexity index is 594. The number of halogens is 1. The molecule has 0 aliphatic heterocycles. The van der Waals surface area contributed by atoms with Gasteiger partial charge in [-0.05, 0) is 43.4 Å². The maximum atomic E-state index is 13.2. The van der Waals surface area contributed by atoms with Crippen molar-refractivity contribution in [2.75, 3.05) is 13.6 Å². The summed E-state index contributed by atoms with van der Waals surface area (Å²) in [4.78, 5) is 26.4. The summed E-state index contributed by atoms with van der Waals surface area (Å²) >= 11 is 0. The zero-order valence-corrected chi connectivity index (χ0v) is 14.1. The van der Waals surface area contributed by atoms with Crippen LogP contribution in [0.5, 0.6) is 0 Å². The molecule has 2 amide bonds. The van der Waals surface area contributed by atoms with E-state index >= 15 is 0 Å². The molecule has 4 nitrogen and oxygen atoms in total. The Balaban J connectivity index is 1.70. The molecule has 24 heavy (non-hydrogen) atoms. The van der Waals surface area contributed by atoms with Crippen LogP contribution in [-0.2, 0) is 9.59 Å². The summed E-state index contributed by atoms with van der Waals surface area (Å²) in [6.07, 6.45) is 5.98. The molecule has 5 heteroatoms. The van der Waals surface area contributed by atoms with E-state index in [1.54, 1.807) is 24.1 Å². The van der Waals surface area contributed by atoms with Crippen LogP contribution in [0.2, 0.25) is 0 Å². The average Bonchev–Trinajstić information content (AvgIpc) is 2.45. The number of nitrogens with one attached hydrogen (secondary N) is 1. The van der Waals surface area contributed by atoms with Crippen LogP contribution in [0, 0.1) is 17.7 Å². The topological polar surface area (TPSA) is 49.4 Å². The van der Waals surface area contributed by atoms with E-state index < -0.39 is 0 Å². The summed E-state index contributed by atoms with van der Waals surface area (Å²) in [6.45, 7) is 0.371. The molecule has 2 aliphatic carbocycles. The summed E-state index contributed by atoms with van der Waals surface area (Å²) in [5.74, 6) is 0.0992. The van der Waals surface area contributed by atoms with Gasteiger partial charge in [-0.2, -0.15) is 0 Å². The summed E-state index contributed by atoms with van der Waals surface area (Å²) < 4.78 is 13.2. The SMILES string of the molecule is CN(C(=O)C1CCC1)[C@@H](CNC(=O)C1CCC1)c1ccc(F)cc1. The minimum Gasteiger partial charge on any atom is -0.353 e. The van der Waals surface area contributed by atoms with E-state index in [0.717, 1.165) is 44.1 Å². The number of nitrogens with zero attached hydrogens (tertiary/aromatic N) is 1. The standard InChI is InChI=1S/C19H25FN2O2/c1-22(19(24)15-6-3-7-15)17(13-8-10-16(20)11-9-13)12-21-18(23)14-4-2-5-14/h8-11,14-15,17H,2-7,12H2,1H3,(H,21,23)/t17-/m0/s1. The first kappa shape index (κ1) is 16.9. The minimum absolute atomic E-state index is 0.0675. The first-order valence-electron chi connectivity index (χ1n) is 8.86. The highest BCUT2D eigenvalue weighted by Crippen LogP contribution is 2.31. The fraction of sp³-hybridized carbons (Fsp3) is 0.579. The highest BCUT2D eigenvalue weighted by molar-refractivity contribution is 5.81. The first-order valence-corrected chi connectivity index (χ1v) is 8.86. The summed E-state index contributed by atoms with van der Waals surface area (Å²) in [5.41, 5.74) is 0.848. The van der Waals surface area contributed by atoms with Crippen molar-refractivity contribution < 1.29 is 14.0 Å². The van der Waals surface area contributed by atoms with E-state index in [-0.39, 0.29) is 35.5 Å². The molecule has 0 spiro atoms. The lowest BCUT2D eigenvalue weighted by Crippen LogP contribution is -2.44. The van der Waals surface area contributed by atoms with Gasteiger partial charge in [0.1, 0.15) is 5.82 Å². The van der Waals surface area contributed by atoms with Crippen LogP contribution in [0.25, 0.3) is 0 Å². The molecule has 1 aromatic rings. The van der Waals surface area contributed by atoms with Gasteiger partial charge in [-0.1, -0.05) is 25.0 Å². The van der Waals surface area contributed by atoms with Crippen LogP contribution in [0.15, 0.2) is 24.3 Å². The molecular formula is C19H25FN2O2. The van der Waals surface area contributed by atoms with Gasteiger partial charge in [-0.15, -0.1) is 0 Å². The number of rotatable bonds is 6. The van der Waals surface area contributed by atoms with Crippen molar-refractivity contribution in [1.29, 1.82) is 0 Å². The quantitative estimate of drug-likeness (QED) is 0.870. The zero-order valence-electron chi connectivity index (χ0n) is 14.1. The molecule has 1 N–H and O–H groups in total. The average molecular weight is 332 g/mol. The van der Waals surface area contributed by atoms with E-state index in [9.17, 15) is 14.0 Å². The van der Waals surface area contributed by atoms with E-state index in [1.807, 2.05) is 0 Å². The Labute approximate surface area is 142 Å². The van der Waals surface area contributed by atoms with E-state index in [4.69, 9.17) is 0 Å². The lowest BCUT2D eigenvalue weighted by atomic mass is 9.83. The van der Waals surface area contributed by atoms with Crippen molar-refractivity contribution >= 4 is 11.8 Å². The Morgan fingerprint density at radius 1 is 1.12 bits per heavy atom. The molecule has 0 bridgehead atoms. The largest absolute Gasteiger partial charge is 0.353 e. The second kappa shape index (κ2) is 7.32. The van der Waals surface area contributed by atoms with E-state index in [1.165, 1.54) is 12.1 Å². The third-order valence-electron chi connectivity index (χ3n) is 5.47. The number of amides is 2. The maximum absolute atomic E-state index is 13.2. The Kier molecular flexibility index (Phi) is 5.17. The van der Waals surface area contributed by atoms with E-state index in [2.05, 4.69) is 5.32 Å². The van der Waals surface area contributed by atoms with Crippen molar-refractivity contribution in [2.24, 2.45) is 11.8 Å². The van der Waals surface area contributed by atoms with Crippen molar-refractivity contribution in [1.82, 2.24) is 10.2 Å². The van der Waals surface area contributed by atoms with Crippen molar-refractivity contribution in [2.45, 2.75) is 44.6 Å². The fourth-order valence-corrected chi connectivity index (χ4v) is 3.27. The minimum atomic E-state index is -0.302. The monoisotopic (exact) mass is 332 g/mol. The number of benzene rings is 1. The zero-order chi connectivity index (χ0) is 17.1. The first-order chi connectivity index (χ1) is 11.6.